The molecule has 0 fully saturated rings. The van der Waals surface area contributed by atoms with Crippen LogP contribution in [0.25, 0.3) is 27.6 Å². The van der Waals surface area contributed by atoms with Crippen molar-refractivity contribution in [3.63, 3.8) is 0 Å². The van der Waals surface area contributed by atoms with Crippen LogP contribution in [0.5, 0.6) is 5.88 Å². The van der Waals surface area contributed by atoms with Crippen molar-refractivity contribution >= 4 is 57.7 Å². The summed E-state index contributed by atoms with van der Waals surface area (Å²) in [5, 5.41) is 7.53. The van der Waals surface area contributed by atoms with Crippen LogP contribution in [0.3, 0.4) is 0 Å². The van der Waals surface area contributed by atoms with Gasteiger partial charge in [-0.3, -0.25) is 18.8 Å². The lowest BCUT2D eigenvalue weighted by molar-refractivity contribution is -0.148. The number of hydrogen-bond acceptors (Lipinski definition) is 8. The molecule has 5 aromatic rings. The van der Waals surface area contributed by atoms with Gasteiger partial charge in [-0.05, 0) is 35.9 Å². The maximum atomic E-state index is 14.2. The number of carbonyl (C=O) groups is 1. The SMILES string of the molecule is CSNc1nn(C)c2c(-n3c(C(Cc4cc(F)cc(F)c4)NC=O)nc4nc(OCC(F)(F)C(F)F)ccc4c3=O)ccc(Cl)c12. The molecular formula is C28H22ClF6N7O3S. The van der Waals surface area contributed by atoms with Crippen molar-refractivity contribution in [3.05, 3.63) is 80.9 Å². The number of fused-ring (bicyclic) bond motifs is 2. The molecule has 3 heterocycles. The van der Waals surface area contributed by atoms with E-state index in [1.165, 1.54) is 28.8 Å². The maximum absolute atomic E-state index is 14.2. The van der Waals surface area contributed by atoms with E-state index >= 15 is 0 Å². The van der Waals surface area contributed by atoms with Crippen molar-refractivity contribution in [1.29, 1.82) is 0 Å². The molecule has 46 heavy (non-hydrogen) atoms. The number of aromatic nitrogens is 5. The second-order valence-electron chi connectivity index (χ2n) is 9.87. The molecule has 2 aromatic carbocycles. The van der Waals surface area contributed by atoms with Crippen LogP contribution in [0.2, 0.25) is 5.02 Å². The normalized spacial score (nSPS) is 12.6. The van der Waals surface area contributed by atoms with Crippen LogP contribution in [0.1, 0.15) is 17.4 Å². The van der Waals surface area contributed by atoms with Crippen molar-refractivity contribution in [1.82, 2.24) is 29.6 Å². The second-order valence-corrected chi connectivity index (χ2v) is 10.9. The van der Waals surface area contributed by atoms with Crippen LogP contribution < -0.4 is 20.3 Å². The number of nitrogens with one attached hydrogen (secondary N) is 2. The molecule has 3 aromatic heterocycles. The van der Waals surface area contributed by atoms with Gasteiger partial charge < -0.3 is 14.8 Å². The Bertz CT molecular complexity index is 1990. The number of ether oxygens (including phenoxy) is 1. The van der Waals surface area contributed by atoms with E-state index in [1.807, 2.05) is 0 Å². The maximum Gasteiger partial charge on any atom is 0.340 e. The Morgan fingerprint density at radius 1 is 1.11 bits per heavy atom. The van der Waals surface area contributed by atoms with Gasteiger partial charge in [0.15, 0.2) is 18.1 Å². The highest BCUT2D eigenvalue weighted by Gasteiger charge is 2.42. The van der Waals surface area contributed by atoms with Crippen LogP contribution >= 0.6 is 23.5 Å². The quantitative estimate of drug-likeness (QED) is 0.0992. The zero-order chi connectivity index (χ0) is 33.3. The number of anilines is 1. The lowest BCUT2D eigenvalue weighted by atomic mass is 10.0. The van der Waals surface area contributed by atoms with Gasteiger partial charge in [0.1, 0.15) is 17.5 Å². The lowest BCUT2D eigenvalue weighted by Crippen LogP contribution is -2.34. The molecule has 18 heteroatoms. The molecule has 2 N–H and O–H groups in total. The van der Waals surface area contributed by atoms with E-state index in [4.69, 9.17) is 16.3 Å². The van der Waals surface area contributed by atoms with E-state index in [-0.39, 0.29) is 39.6 Å². The molecule has 5 rings (SSSR count). The molecule has 0 aliphatic carbocycles. The summed E-state index contributed by atoms with van der Waals surface area (Å²) < 4.78 is 91.0. The molecule has 1 atom stereocenters. The standard InChI is InChI=1S/C28H22ClF6N7O3S/c1-41-22-19(5-4-17(29)21(22)24(39-41)40-46-2)42-25(18(36-12-43)9-13-7-14(30)10-15(31)8-13)38-23-16(26(42)44)3-6-20(37-23)45-11-28(34,35)27(32)33/h3-8,10,12,18,27H,9,11H2,1-2H3,(H,36,43)(H,39,40). The van der Waals surface area contributed by atoms with E-state index in [0.717, 1.165) is 28.8 Å². The number of hydrogen-bond donors (Lipinski definition) is 2. The number of rotatable bonds is 12. The average Bonchev–Trinajstić information content (AvgIpc) is 3.32. The summed E-state index contributed by atoms with van der Waals surface area (Å²) in [6, 6.07) is 6.70. The molecule has 0 radical (unpaired) electrons. The monoisotopic (exact) mass is 685 g/mol. The number of benzene rings is 2. The first-order valence-corrected chi connectivity index (χ1v) is 14.8. The van der Waals surface area contributed by atoms with Crippen LogP contribution in [-0.4, -0.2) is 55.9 Å². The van der Waals surface area contributed by atoms with Crippen molar-refractivity contribution in [3.8, 4) is 11.6 Å². The molecule has 0 spiro atoms. The largest absolute Gasteiger partial charge is 0.471 e. The Labute approximate surface area is 264 Å². The minimum absolute atomic E-state index is 0.0882. The fraction of sp³-hybridized carbons (Fsp3) is 0.250. The zero-order valence-electron chi connectivity index (χ0n) is 23.7. The third-order valence-corrected chi connectivity index (χ3v) is 7.48. The number of aryl methyl sites for hydroxylation is 1. The van der Waals surface area contributed by atoms with E-state index in [2.05, 4.69) is 25.1 Å². The first-order valence-electron chi connectivity index (χ1n) is 13.2. The summed E-state index contributed by atoms with van der Waals surface area (Å²) in [4.78, 5) is 34.5. The van der Waals surface area contributed by atoms with Crippen molar-refractivity contribution in [2.24, 2.45) is 7.05 Å². The molecule has 10 nitrogen and oxygen atoms in total. The first-order chi connectivity index (χ1) is 21.8. The van der Waals surface area contributed by atoms with Crippen LogP contribution in [0.4, 0.5) is 32.2 Å². The summed E-state index contributed by atoms with van der Waals surface area (Å²) >= 11 is 7.77. The predicted molar refractivity (Wildman–Crippen MR) is 160 cm³/mol. The zero-order valence-corrected chi connectivity index (χ0v) is 25.3. The van der Waals surface area contributed by atoms with E-state index in [9.17, 15) is 35.9 Å². The number of nitrogens with zero attached hydrogens (tertiary/aromatic N) is 5. The number of carbonyl (C=O) groups excluding carboxylic acids is 1. The summed E-state index contributed by atoms with van der Waals surface area (Å²) in [5.74, 6) is -6.62. The minimum Gasteiger partial charge on any atom is -0.471 e. The highest BCUT2D eigenvalue weighted by molar-refractivity contribution is 7.99. The average molecular weight is 686 g/mol. The van der Waals surface area contributed by atoms with Gasteiger partial charge in [0, 0.05) is 31.9 Å². The highest BCUT2D eigenvalue weighted by atomic mass is 35.5. The van der Waals surface area contributed by atoms with E-state index < -0.39 is 48.1 Å². The van der Waals surface area contributed by atoms with E-state index in [1.54, 1.807) is 13.3 Å². The van der Waals surface area contributed by atoms with Gasteiger partial charge in [-0.15, -0.1) is 0 Å². The van der Waals surface area contributed by atoms with Gasteiger partial charge in [-0.25, -0.2) is 22.5 Å². The van der Waals surface area contributed by atoms with Gasteiger partial charge >= 0.3 is 12.3 Å². The number of halogens is 7. The van der Waals surface area contributed by atoms with Crippen molar-refractivity contribution < 1.29 is 35.9 Å². The van der Waals surface area contributed by atoms with Gasteiger partial charge in [0.05, 0.1) is 33.0 Å². The number of amides is 1. The first kappa shape index (κ1) is 32.9. The third kappa shape index (κ3) is 6.42. The fourth-order valence-electron chi connectivity index (χ4n) is 4.82. The fourth-order valence-corrected chi connectivity index (χ4v) is 5.40. The van der Waals surface area contributed by atoms with Gasteiger partial charge in [-0.1, -0.05) is 23.5 Å². The summed E-state index contributed by atoms with van der Waals surface area (Å²) in [6.07, 6.45) is -2.22. The van der Waals surface area contributed by atoms with Gasteiger partial charge in [-0.2, -0.15) is 18.9 Å². The molecule has 1 unspecified atom stereocenters. The van der Waals surface area contributed by atoms with Gasteiger partial charge in [0.2, 0.25) is 12.3 Å². The van der Waals surface area contributed by atoms with Crippen molar-refractivity contribution in [2.45, 2.75) is 24.8 Å². The molecule has 0 aliphatic rings. The smallest absolute Gasteiger partial charge is 0.340 e. The molecule has 0 saturated heterocycles. The molecular weight excluding hydrogens is 664 g/mol. The predicted octanol–water partition coefficient (Wildman–Crippen LogP) is 5.60. The number of pyridine rings is 1. The molecule has 242 valence electrons. The minimum atomic E-state index is -4.48. The Morgan fingerprint density at radius 3 is 2.48 bits per heavy atom. The van der Waals surface area contributed by atoms with E-state index in [0.29, 0.717) is 29.2 Å². The van der Waals surface area contributed by atoms with Crippen LogP contribution in [0, 0.1) is 11.6 Å². The highest BCUT2D eigenvalue weighted by Crippen LogP contribution is 2.36. The van der Waals surface area contributed by atoms with Crippen LogP contribution in [-0.2, 0) is 18.3 Å². The van der Waals surface area contributed by atoms with Crippen LogP contribution in [0.15, 0.2) is 47.3 Å². The molecule has 0 saturated carbocycles. The Kier molecular flexibility index (Phi) is 9.34. The summed E-state index contributed by atoms with van der Waals surface area (Å²) in [5.41, 5.74) is -0.470. The molecule has 1 amide bonds. The van der Waals surface area contributed by atoms with Gasteiger partial charge in [0.25, 0.3) is 5.56 Å². The Morgan fingerprint density at radius 2 is 1.83 bits per heavy atom. The Balaban J connectivity index is 1.77. The topological polar surface area (TPSA) is 116 Å². The second kappa shape index (κ2) is 13.1. The molecule has 0 bridgehead atoms. The van der Waals surface area contributed by atoms with Crippen molar-refractivity contribution in [2.75, 3.05) is 17.6 Å². The third-order valence-electron chi connectivity index (χ3n) is 6.76. The Hall–Kier alpha value is -4.51. The summed E-state index contributed by atoms with van der Waals surface area (Å²) in [7, 11) is 1.60. The molecule has 0 aliphatic heterocycles. The number of alkyl halides is 4. The lowest BCUT2D eigenvalue weighted by Gasteiger charge is -2.22. The summed E-state index contributed by atoms with van der Waals surface area (Å²) in [6.45, 7) is -1.71.